The summed E-state index contributed by atoms with van der Waals surface area (Å²) in [7, 11) is 0. The van der Waals surface area contributed by atoms with Gasteiger partial charge in [-0.3, -0.25) is 0 Å². The van der Waals surface area contributed by atoms with Crippen LogP contribution in [-0.4, -0.2) is 0 Å². The molecule has 2 rings (SSSR count). The van der Waals surface area contributed by atoms with Crippen LogP contribution in [0.2, 0.25) is 0 Å². The first-order valence-corrected chi connectivity index (χ1v) is 5.93. The molecule has 17 heavy (non-hydrogen) atoms. The Morgan fingerprint density at radius 2 is 1.47 bits per heavy atom. The summed E-state index contributed by atoms with van der Waals surface area (Å²) >= 11 is 0. The summed E-state index contributed by atoms with van der Waals surface area (Å²) in [5.74, 6) is 0. The standard InChI is InChI=1S/C17H18/c1-4-17(2,3)16-13-9-8-12-15(16)14-10-6-5-7-11-14/h4-13H,1H2,2-3H3. The zero-order valence-electron chi connectivity index (χ0n) is 10.5. The lowest BCUT2D eigenvalue weighted by atomic mass is 9.80. The fourth-order valence-corrected chi connectivity index (χ4v) is 2.02. The molecule has 0 aliphatic rings. The Morgan fingerprint density at radius 1 is 0.882 bits per heavy atom. The highest BCUT2D eigenvalue weighted by atomic mass is 14.2. The minimum absolute atomic E-state index is 0.00751. The summed E-state index contributed by atoms with van der Waals surface area (Å²) in [6.45, 7) is 8.34. The third kappa shape index (κ3) is 2.31. The number of benzene rings is 2. The molecule has 0 nitrogen and oxygen atoms in total. The summed E-state index contributed by atoms with van der Waals surface area (Å²) in [5.41, 5.74) is 3.86. The maximum Gasteiger partial charge on any atom is 0.00788 e. The van der Waals surface area contributed by atoms with E-state index in [-0.39, 0.29) is 5.41 Å². The molecule has 0 bridgehead atoms. The third-order valence-corrected chi connectivity index (χ3v) is 3.22. The first-order valence-electron chi connectivity index (χ1n) is 5.93. The van der Waals surface area contributed by atoms with E-state index in [1.54, 1.807) is 0 Å². The Hall–Kier alpha value is -1.82. The Labute approximate surface area is 104 Å². The molecular weight excluding hydrogens is 204 g/mol. The van der Waals surface area contributed by atoms with Crippen molar-refractivity contribution in [3.8, 4) is 11.1 Å². The van der Waals surface area contributed by atoms with Gasteiger partial charge in [0.2, 0.25) is 0 Å². The van der Waals surface area contributed by atoms with E-state index in [1.807, 2.05) is 12.1 Å². The van der Waals surface area contributed by atoms with Crippen molar-refractivity contribution in [1.29, 1.82) is 0 Å². The summed E-state index contributed by atoms with van der Waals surface area (Å²) in [5, 5.41) is 0. The SMILES string of the molecule is C=CC(C)(C)c1ccccc1-c1ccccc1. The van der Waals surface area contributed by atoms with Crippen molar-refractivity contribution in [1.82, 2.24) is 0 Å². The second-order valence-electron chi connectivity index (χ2n) is 4.84. The molecule has 0 saturated heterocycles. The van der Waals surface area contributed by atoms with Gasteiger partial charge in [-0.25, -0.2) is 0 Å². The van der Waals surface area contributed by atoms with Crippen LogP contribution in [-0.2, 0) is 5.41 Å². The zero-order chi connectivity index (χ0) is 12.3. The van der Waals surface area contributed by atoms with E-state index < -0.39 is 0 Å². The van der Waals surface area contributed by atoms with Crippen LogP contribution in [0.15, 0.2) is 67.3 Å². The maximum atomic E-state index is 3.94. The van der Waals surface area contributed by atoms with Crippen molar-refractivity contribution in [2.75, 3.05) is 0 Å². The molecule has 2 aromatic carbocycles. The van der Waals surface area contributed by atoms with Crippen molar-refractivity contribution in [3.05, 3.63) is 72.8 Å². The van der Waals surface area contributed by atoms with Gasteiger partial charge >= 0.3 is 0 Å². The van der Waals surface area contributed by atoms with E-state index in [0.717, 1.165) is 0 Å². The molecule has 0 spiro atoms. The molecule has 0 aliphatic heterocycles. The lowest BCUT2D eigenvalue weighted by Crippen LogP contribution is -2.14. The Balaban J connectivity index is 2.60. The molecule has 0 heteroatoms. The van der Waals surface area contributed by atoms with E-state index >= 15 is 0 Å². The fourth-order valence-electron chi connectivity index (χ4n) is 2.02. The molecular formula is C17H18. The van der Waals surface area contributed by atoms with Gasteiger partial charge < -0.3 is 0 Å². The number of hydrogen-bond acceptors (Lipinski definition) is 0. The fraction of sp³-hybridized carbons (Fsp3) is 0.176. The normalized spacial score (nSPS) is 11.2. The van der Waals surface area contributed by atoms with Gasteiger partial charge in [-0.1, -0.05) is 74.5 Å². The molecule has 0 atom stereocenters. The Bertz CT molecular complexity index is 507. The maximum absolute atomic E-state index is 3.94. The molecule has 0 N–H and O–H groups in total. The van der Waals surface area contributed by atoms with Gasteiger partial charge in [0.1, 0.15) is 0 Å². The molecule has 0 saturated carbocycles. The average molecular weight is 222 g/mol. The van der Waals surface area contributed by atoms with Gasteiger partial charge in [0.05, 0.1) is 0 Å². The van der Waals surface area contributed by atoms with Crippen LogP contribution in [0.1, 0.15) is 19.4 Å². The molecule has 0 radical (unpaired) electrons. The lowest BCUT2D eigenvalue weighted by Gasteiger charge is -2.24. The highest BCUT2D eigenvalue weighted by Crippen LogP contribution is 2.33. The predicted molar refractivity (Wildman–Crippen MR) is 75.1 cm³/mol. The van der Waals surface area contributed by atoms with Gasteiger partial charge in [0, 0.05) is 5.41 Å². The van der Waals surface area contributed by atoms with Crippen molar-refractivity contribution in [2.45, 2.75) is 19.3 Å². The molecule has 0 amide bonds. The highest BCUT2D eigenvalue weighted by molar-refractivity contribution is 5.69. The smallest absolute Gasteiger partial charge is 0.00788 e. The molecule has 0 fully saturated rings. The van der Waals surface area contributed by atoms with E-state index in [4.69, 9.17) is 0 Å². The van der Waals surface area contributed by atoms with Crippen molar-refractivity contribution in [2.24, 2.45) is 0 Å². The first-order chi connectivity index (χ1) is 8.15. The molecule has 2 aromatic rings. The summed E-state index contributed by atoms with van der Waals surface area (Å²) in [6, 6.07) is 19.0. The summed E-state index contributed by atoms with van der Waals surface area (Å²) in [4.78, 5) is 0. The van der Waals surface area contributed by atoms with Gasteiger partial charge in [-0.15, -0.1) is 6.58 Å². The van der Waals surface area contributed by atoms with Crippen molar-refractivity contribution < 1.29 is 0 Å². The topological polar surface area (TPSA) is 0 Å². The van der Waals surface area contributed by atoms with Crippen LogP contribution in [0.3, 0.4) is 0 Å². The van der Waals surface area contributed by atoms with E-state index in [9.17, 15) is 0 Å². The second kappa shape index (κ2) is 4.58. The van der Waals surface area contributed by atoms with Crippen LogP contribution in [0.5, 0.6) is 0 Å². The van der Waals surface area contributed by atoms with Crippen LogP contribution in [0, 0.1) is 0 Å². The van der Waals surface area contributed by atoms with Crippen molar-refractivity contribution in [3.63, 3.8) is 0 Å². The summed E-state index contributed by atoms with van der Waals surface area (Å²) in [6.07, 6.45) is 2.01. The molecule has 0 unspecified atom stereocenters. The van der Waals surface area contributed by atoms with Gasteiger partial charge in [-0.2, -0.15) is 0 Å². The Morgan fingerprint density at radius 3 is 2.12 bits per heavy atom. The lowest BCUT2D eigenvalue weighted by molar-refractivity contribution is 0.674. The van der Waals surface area contributed by atoms with Crippen LogP contribution < -0.4 is 0 Å². The number of hydrogen-bond donors (Lipinski definition) is 0. The van der Waals surface area contributed by atoms with Gasteiger partial charge in [0.25, 0.3) is 0 Å². The minimum Gasteiger partial charge on any atom is -0.102 e. The van der Waals surface area contributed by atoms with Gasteiger partial charge in [0.15, 0.2) is 0 Å². The number of rotatable bonds is 3. The zero-order valence-corrected chi connectivity index (χ0v) is 10.5. The number of allylic oxidation sites excluding steroid dienone is 1. The van der Waals surface area contributed by atoms with Gasteiger partial charge in [-0.05, 0) is 16.7 Å². The minimum atomic E-state index is -0.00751. The quantitative estimate of drug-likeness (QED) is 0.653. The molecule has 0 heterocycles. The average Bonchev–Trinajstić information content (AvgIpc) is 2.40. The first kappa shape index (κ1) is 11.7. The van der Waals surface area contributed by atoms with Crippen LogP contribution >= 0.6 is 0 Å². The molecule has 0 aromatic heterocycles. The van der Waals surface area contributed by atoms with E-state index in [2.05, 4.69) is 69.0 Å². The van der Waals surface area contributed by atoms with Crippen LogP contribution in [0.25, 0.3) is 11.1 Å². The third-order valence-electron chi connectivity index (χ3n) is 3.22. The Kier molecular flexibility index (Phi) is 3.14. The molecule has 86 valence electrons. The van der Waals surface area contributed by atoms with E-state index in [1.165, 1.54) is 16.7 Å². The van der Waals surface area contributed by atoms with Crippen LogP contribution in [0.4, 0.5) is 0 Å². The molecule has 0 aliphatic carbocycles. The van der Waals surface area contributed by atoms with E-state index in [0.29, 0.717) is 0 Å². The second-order valence-corrected chi connectivity index (χ2v) is 4.84. The predicted octanol–water partition coefficient (Wildman–Crippen LogP) is 4.82. The largest absolute Gasteiger partial charge is 0.102 e. The highest BCUT2D eigenvalue weighted by Gasteiger charge is 2.19. The summed E-state index contributed by atoms with van der Waals surface area (Å²) < 4.78 is 0. The van der Waals surface area contributed by atoms with Crippen molar-refractivity contribution >= 4 is 0 Å². The monoisotopic (exact) mass is 222 g/mol.